The minimum absolute atomic E-state index is 0.855. The maximum absolute atomic E-state index is 8.74. The molecular weight excluding hydrogens is 153 g/mol. The van der Waals surface area contributed by atoms with Gasteiger partial charge in [0, 0.05) is 0 Å². The lowest BCUT2D eigenvalue weighted by Gasteiger charge is -1.86. The largest absolute Gasteiger partial charge is 0.330 e. The van der Waals surface area contributed by atoms with Crippen molar-refractivity contribution < 1.29 is 14.4 Å². The third-order valence-electron chi connectivity index (χ3n) is 0.808. The van der Waals surface area contributed by atoms with Crippen molar-refractivity contribution >= 4 is 8.25 Å². The van der Waals surface area contributed by atoms with E-state index in [1.165, 1.54) is 19.3 Å². The van der Waals surface area contributed by atoms with E-state index in [4.69, 9.17) is 20.1 Å². The van der Waals surface area contributed by atoms with Gasteiger partial charge in [-0.25, -0.2) is 0 Å². The van der Waals surface area contributed by atoms with Crippen LogP contribution in [0.3, 0.4) is 0 Å². The van der Waals surface area contributed by atoms with Crippen LogP contribution < -0.4 is 5.73 Å². The second-order valence-corrected chi connectivity index (χ2v) is 2.34. The van der Waals surface area contributed by atoms with Crippen molar-refractivity contribution in [1.29, 1.82) is 0 Å². The molecule has 0 fully saturated rings. The Labute approximate surface area is 62.0 Å². The van der Waals surface area contributed by atoms with E-state index in [1.54, 1.807) is 0 Å². The van der Waals surface area contributed by atoms with Gasteiger partial charge in [-0.2, -0.15) is 0 Å². The molecule has 5 heteroatoms. The van der Waals surface area contributed by atoms with E-state index in [9.17, 15) is 0 Å². The molecule has 0 aromatic rings. The van der Waals surface area contributed by atoms with Crippen LogP contribution in [0.5, 0.6) is 0 Å². The summed E-state index contributed by atoms with van der Waals surface area (Å²) in [5.41, 5.74) is 5.21. The van der Waals surface area contributed by atoms with E-state index >= 15 is 0 Å². The summed E-state index contributed by atoms with van der Waals surface area (Å²) in [5, 5.41) is 0. The first-order valence-electron chi connectivity index (χ1n) is 3.27. The number of hydrogen-bond acceptors (Lipinski definition) is 2. The molecule has 0 heterocycles. The van der Waals surface area contributed by atoms with Crippen LogP contribution in [0.2, 0.25) is 0 Å². The maximum Gasteiger partial charge on any atom is 0.314 e. The molecule has 4 nitrogen and oxygen atoms in total. The van der Waals surface area contributed by atoms with Crippen molar-refractivity contribution in [2.75, 3.05) is 6.54 Å². The standard InChI is InChI=1S/C5H13N.H3O3P/c1-2-3-4-5-6;1-4(2)3/h2-6H2,1H3;4H,(H2,1,2,3). The SMILES string of the molecule is CCCCCN.O=[PH](O)O. The number of unbranched alkanes of at least 4 members (excludes halogenated alkanes) is 2. The zero-order valence-corrected chi connectivity index (χ0v) is 7.21. The molecule has 0 saturated heterocycles. The van der Waals surface area contributed by atoms with E-state index in [1.807, 2.05) is 0 Å². The average Bonchev–Trinajstić information content (AvgIpc) is 1.82. The quantitative estimate of drug-likeness (QED) is 0.424. The topological polar surface area (TPSA) is 83.6 Å². The fourth-order valence-corrected chi connectivity index (χ4v) is 0.394. The zero-order valence-electron chi connectivity index (χ0n) is 6.21. The highest BCUT2D eigenvalue weighted by Crippen LogP contribution is 1.98. The van der Waals surface area contributed by atoms with Gasteiger partial charge in [0.25, 0.3) is 0 Å². The van der Waals surface area contributed by atoms with Gasteiger partial charge in [0.1, 0.15) is 0 Å². The van der Waals surface area contributed by atoms with Crippen LogP contribution in [0.15, 0.2) is 0 Å². The molecule has 0 amide bonds. The van der Waals surface area contributed by atoms with Gasteiger partial charge in [0.15, 0.2) is 0 Å². The smallest absolute Gasteiger partial charge is 0.314 e. The van der Waals surface area contributed by atoms with Gasteiger partial charge in [-0.3, -0.25) is 4.57 Å². The fourth-order valence-electron chi connectivity index (χ4n) is 0.394. The Balaban J connectivity index is 0. The van der Waals surface area contributed by atoms with Gasteiger partial charge in [0.05, 0.1) is 0 Å². The zero-order chi connectivity index (χ0) is 8.41. The molecular formula is C5H16NO3P. The average molecular weight is 169 g/mol. The number of rotatable bonds is 3. The highest BCUT2D eigenvalue weighted by Gasteiger charge is 1.75. The van der Waals surface area contributed by atoms with Gasteiger partial charge in [-0.1, -0.05) is 19.8 Å². The third-order valence-corrected chi connectivity index (χ3v) is 0.808. The van der Waals surface area contributed by atoms with Crippen molar-refractivity contribution in [3.63, 3.8) is 0 Å². The Kier molecular flexibility index (Phi) is 15.1. The second kappa shape index (κ2) is 11.9. The lowest BCUT2D eigenvalue weighted by atomic mass is 10.3. The summed E-state index contributed by atoms with van der Waals surface area (Å²) in [7, 11) is -3.13. The Hall–Kier alpha value is 0.110. The van der Waals surface area contributed by atoms with E-state index in [-0.39, 0.29) is 0 Å². The molecule has 10 heavy (non-hydrogen) atoms. The van der Waals surface area contributed by atoms with Crippen LogP contribution in [0.4, 0.5) is 0 Å². The molecule has 0 bridgehead atoms. The molecule has 0 radical (unpaired) electrons. The van der Waals surface area contributed by atoms with E-state index < -0.39 is 8.25 Å². The minimum atomic E-state index is -3.13. The first-order valence-corrected chi connectivity index (χ1v) is 4.57. The van der Waals surface area contributed by atoms with E-state index in [0.717, 1.165) is 6.54 Å². The van der Waals surface area contributed by atoms with E-state index in [0.29, 0.717) is 0 Å². The number of nitrogens with two attached hydrogens (primary N) is 1. The molecule has 4 N–H and O–H groups in total. The fraction of sp³-hybridized carbons (Fsp3) is 1.00. The first kappa shape index (κ1) is 12.8. The van der Waals surface area contributed by atoms with Gasteiger partial charge < -0.3 is 15.5 Å². The summed E-state index contributed by atoms with van der Waals surface area (Å²) in [6.07, 6.45) is 3.75. The van der Waals surface area contributed by atoms with Crippen molar-refractivity contribution in [2.45, 2.75) is 26.2 Å². The van der Waals surface area contributed by atoms with Gasteiger partial charge in [-0.15, -0.1) is 0 Å². The maximum atomic E-state index is 8.74. The molecule has 0 aromatic heterocycles. The molecule has 0 aliphatic heterocycles. The van der Waals surface area contributed by atoms with Gasteiger partial charge in [-0.05, 0) is 13.0 Å². The molecule has 0 spiro atoms. The van der Waals surface area contributed by atoms with Gasteiger partial charge >= 0.3 is 8.25 Å². The molecule has 0 aromatic carbocycles. The number of hydrogen-bond donors (Lipinski definition) is 3. The lowest BCUT2D eigenvalue weighted by molar-refractivity contribution is 0.405. The van der Waals surface area contributed by atoms with Crippen molar-refractivity contribution in [2.24, 2.45) is 5.73 Å². The normalized spacial score (nSPS) is 8.90. The Bertz CT molecular complexity index is 71.3. The Morgan fingerprint density at radius 3 is 1.90 bits per heavy atom. The summed E-state index contributed by atoms with van der Waals surface area (Å²) >= 11 is 0. The van der Waals surface area contributed by atoms with Crippen molar-refractivity contribution in [3.8, 4) is 0 Å². The highest BCUT2D eigenvalue weighted by molar-refractivity contribution is 7.30. The predicted octanol–water partition coefficient (Wildman–Crippen LogP) is 0.496. The lowest BCUT2D eigenvalue weighted by Crippen LogP contribution is -1.96. The summed E-state index contributed by atoms with van der Waals surface area (Å²) in [6, 6.07) is 0. The van der Waals surface area contributed by atoms with Crippen LogP contribution in [0.1, 0.15) is 26.2 Å². The van der Waals surface area contributed by atoms with Gasteiger partial charge in [0.2, 0.25) is 0 Å². The predicted molar refractivity (Wildman–Crippen MR) is 42.0 cm³/mol. The van der Waals surface area contributed by atoms with Crippen LogP contribution in [0, 0.1) is 0 Å². The van der Waals surface area contributed by atoms with Crippen LogP contribution >= 0.6 is 8.25 Å². The molecule has 0 unspecified atom stereocenters. The second-order valence-electron chi connectivity index (χ2n) is 1.78. The van der Waals surface area contributed by atoms with Crippen LogP contribution in [-0.4, -0.2) is 16.3 Å². The summed E-state index contributed by atoms with van der Waals surface area (Å²) < 4.78 is 8.74. The Morgan fingerprint density at radius 1 is 1.40 bits per heavy atom. The van der Waals surface area contributed by atoms with Crippen molar-refractivity contribution in [1.82, 2.24) is 0 Å². The van der Waals surface area contributed by atoms with Crippen molar-refractivity contribution in [3.05, 3.63) is 0 Å². The minimum Gasteiger partial charge on any atom is -0.330 e. The summed E-state index contributed by atoms with van der Waals surface area (Å²) in [5.74, 6) is 0. The highest BCUT2D eigenvalue weighted by atomic mass is 31.1. The van der Waals surface area contributed by atoms with Crippen LogP contribution in [0.25, 0.3) is 0 Å². The molecule has 0 rings (SSSR count). The molecule has 0 saturated carbocycles. The summed E-state index contributed by atoms with van der Waals surface area (Å²) in [6.45, 7) is 3.03. The molecule has 64 valence electrons. The monoisotopic (exact) mass is 169 g/mol. The third kappa shape index (κ3) is 42.4. The van der Waals surface area contributed by atoms with Crippen LogP contribution in [-0.2, 0) is 4.57 Å². The Morgan fingerprint density at radius 2 is 1.80 bits per heavy atom. The molecule has 0 aliphatic rings. The summed E-state index contributed by atoms with van der Waals surface area (Å²) in [4.78, 5) is 14.3. The molecule has 0 atom stereocenters. The molecule has 0 aliphatic carbocycles. The first-order chi connectivity index (χ1) is 4.65. The van der Waals surface area contributed by atoms with E-state index in [2.05, 4.69) is 6.92 Å².